The van der Waals surface area contributed by atoms with E-state index < -0.39 is 35.8 Å². The molecule has 3 aromatic heterocycles. The number of anilines is 1. The summed E-state index contributed by atoms with van der Waals surface area (Å²) < 4.78 is 57.3. The molecule has 0 amide bonds. The van der Waals surface area contributed by atoms with Crippen molar-refractivity contribution in [2.45, 2.75) is 30.7 Å². The molecule has 5 rings (SSSR count). The molecule has 0 saturated carbocycles. The molecule has 4 atom stereocenters. The molecule has 5 heterocycles. The normalized spacial score (nSPS) is 27.6. The van der Waals surface area contributed by atoms with E-state index in [4.69, 9.17) is 25.8 Å². The number of aliphatic hydroxyl groups is 1. The van der Waals surface area contributed by atoms with Crippen molar-refractivity contribution in [3.8, 4) is 6.01 Å². The maximum atomic E-state index is 14.6. The first kappa shape index (κ1) is 20.2. The maximum absolute atomic E-state index is 14.6. The molecular weight excluding hydrogens is 443 g/mol. The number of alkyl halides is 1. The number of halogens is 4. The van der Waals surface area contributed by atoms with Crippen LogP contribution in [0.5, 0.6) is 6.01 Å². The largest absolute Gasteiger partial charge is 0.456 e. The van der Waals surface area contributed by atoms with Crippen LogP contribution in [-0.4, -0.2) is 62.4 Å². The lowest BCUT2D eigenvalue weighted by Crippen LogP contribution is -2.43. The summed E-state index contributed by atoms with van der Waals surface area (Å²) >= 11 is 6.22. The van der Waals surface area contributed by atoms with E-state index in [1.807, 2.05) is 0 Å². The van der Waals surface area contributed by atoms with Crippen molar-refractivity contribution < 1.29 is 32.5 Å². The zero-order valence-corrected chi connectivity index (χ0v) is 16.4. The molecule has 2 saturated heterocycles. The van der Waals surface area contributed by atoms with Gasteiger partial charge in [0.05, 0.1) is 42.2 Å². The molecule has 0 unspecified atom stereocenters. The van der Waals surface area contributed by atoms with Crippen LogP contribution in [0, 0.1) is 11.6 Å². The fourth-order valence-electron chi connectivity index (χ4n) is 3.50. The number of imidazole rings is 1. The molecule has 0 aromatic carbocycles. The van der Waals surface area contributed by atoms with Gasteiger partial charge >= 0.3 is 0 Å². The van der Waals surface area contributed by atoms with Gasteiger partial charge in [-0.15, -0.1) is 0 Å². The van der Waals surface area contributed by atoms with Gasteiger partial charge in [-0.2, -0.15) is 4.98 Å². The summed E-state index contributed by atoms with van der Waals surface area (Å²) in [5.74, 6) is -3.70. The molecule has 0 aliphatic carbocycles. The van der Waals surface area contributed by atoms with Crippen molar-refractivity contribution in [2.75, 3.05) is 18.5 Å². The Morgan fingerprint density at radius 1 is 1.32 bits per heavy atom. The van der Waals surface area contributed by atoms with Gasteiger partial charge in [0.2, 0.25) is 0 Å². The highest BCUT2D eigenvalue weighted by molar-refractivity contribution is 6.33. The van der Waals surface area contributed by atoms with Gasteiger partial charge in [-0.3, -0.25) is 4.98 Å². The summed E-state index contributed by atoms with van der Waals surface area (Å²) in [5.41, 5.74) is 0.654. The lowest BCUT2D eigenvalue weighted by molar-refractivity contribution is -0.169. The number of fused-ring (bicyclic) bond motifs is 2. The van der Waals surface area contributed by atoms with Gasteiger partial charge in [0.25, 0.3) is 11.9 Å². The van der Waals surface area contributed by atoms with Crippen LogP contribution in [0.25, 0.3) is 11.2 Å². The number of nitrogens with one attached hydrogen (secondary N) is 2. The fraction of sp³-hybridized carbons (Fsp3) is 0.389. The predicted octanol–water partition coefficient (Wildman–Crippen LogP) is 2.10. The molecule has 0 bridgehead atoms. The second kappa shape index (κ2) is 7.48. The van der Waals surface area contributed by atoms with Gasteiger partial charge in [-0.1, -0.05) is 11.6 Å². The minimum atomic E-state index is -2.32. The van der Waals surface area contributed by atoms with E-state index in [0.717, 1.165) is 12.3 Å². The van der Waals surface area contributed by atoms with Crippen molar-refractivity contribution in [2.24, 2.45) is 0 Å². The Hall–Kier alpha value is -2.67. The molecule has 2 aliphatic heterocycles. The van der Waals surface area contributed by atoms with Crippen LogP contribution in [0.1, 0.15) is 5.69 Å². The highest BCUT2D eigenvalue weighted by atomic mass is 35.5. The first-order valence-corrected chi connectivity index (χ1v) is 9.60. The highest BCUT2D eigenvalue weighted by Crippen LogP contribution is 2.40. The third-order valence-electron chi connectivity index (χ3n) is 5.06. The Kier molecular flexibility index (Phi) is 4.88. The summed E-state index contributed by atoms with van der Waals surface area (Å²) in [6.07, 6.45) is -2.41. The fourth-order valence-corrected chi connectivity index (χ4v) is 3.72. The van der Waals surface area contributed by atoms with Crippen molar-refractivity contribution >= 4 is 28.6 Å². The summed E-state index contributed by atoms with van der Waals surface area (Å²) in [4.78, 5) is 15.0. The lowest BCUT2D eigenvalue weighted by atomic mass is 10.1. The monoisotopic (exact) mass is 457 g/mol. The Bertz CT molecular complexity index is 1150. The zero-order valence-electron chi connectivity index (χ0n) is 15.6. The Morgan fingerprint density at radius 2 is 2.16 bits per heavy atom. The second-order valence-corrected chi connectivity index (χ2v) is 7.51. The van der Waals surface area contributed by atoms with Crippen LogP contribution in [0.4, 0.5) is 19.0 Å². The van der Waals surface area contributed by atoms with Crippen LogP contribution in [0.2, 0.25) is 5.02 Å². The molecule has 31 heavy (non-hydrogen) atoms. The van der Waals surface area contributed by atoms with Crippen LogP contribution < -0.4 is 10.1 Å². The van der Waals surface area contributed by atoms with Gasteiger partial charge in [-0.05, 0) is 6.07 Å². The van der Waals surface area contributed by atoms with Crippen molar-refractivity contribution in [3.63, 3.8) is 0 Å². The number of aromatic nitrogens is 4. The summed E-state index contributed by atoms with van der Waals surface area (Å²) in [6, 6.07) is 2.29. The number of hydrogen-bond acceptors (Lipinski definition) is 8. The van der Waals surface area contributed by atoms with Crippen molar-refractivity contribution in [1.29, 1.82) is 0 Å². The quantitative estimate of drug-likeness (QED) is 0.533. The predicted molar refractivity (Wildman–Crippen MR) is 100 cm³/mol. The van der Waals surface area contributed by atoms with E-state index in [2.05, 4.69) is 25.3 Å². The molecule has 3 aromatic rings. The van der Waals surface area contributed by atoms with Crippen LogP contribution in [0.15, 0.2) is 18.3 Å². The molecule has 164 valence electrons. The molecule has 0 spiro atoms. The molecule has 13 heteroatoms. The van der Waals surface area contributed by atoms with E-state index in [1.54, 1.807) is 0 Å². The van der Waals surface area contributed by atoms with Gasteiger partial charge in [0.15, 0.2) is 17.9 Å². The summed E-state index contributed by atoms with van der Waals surface area (Å²) in [7, 11) is 0. The number of aromatic amines is 1. The van der Waals surface area contributed by atoms with Gasteiger partial charge in [-0.25, -0.2) is 18.2 Å². The van der Waals surface area contributed by atoms with Crippen LogP contribution in [-0.2, 0) is 16.0 Å². The van der Waals surface area contributed by atoms with Gasteiger partial charge < -0.3 is 29.6 Å². The minimum absolute atomic E-state index is 0.0138. The number of H-pyrrole nitrogens is 1. The summed E-state index contributed by atoms with van der Waals surface area (Å²) in [6.45, 7) is -0.416. The average Bonchev–Trinajstić information content (AvgIpc) is 3.35. The molecule has 0 radical (unpaired) electrons. The lowest BCUT2D eigenvalue weighted by Gasteiger charge is -2.20. The number of ether oxygens (including phenoxy) is 3. The van der Waals surface area contributed by atoms with E-state index in [0.29, 0.717) is 5.52 Å². The number of pyridine rings is 2. The third-order valence-corrected chi connectivity index (χ3v) is 5.35. The second-order valence-electron chi connectivity index (χ2n) is 7.10. The minimum Gasteiger partial charge on any atom is -0.456 e. The number of hydrogen-bond donors (Lipinski definition) is 3. The topological polar surface area (TPSA) is 114 Å². The van der Waals surface area contributed by atoms with Crippen LogP contribution in [0.3, 0.4) is 0 Å². The molecule has 2 aliphatic rings. The summed E-state index contributed by atoms with van der Waals surface area (Å²) in [5, 5.41) is 12.7. The number of nitrogens with zero attached hydrogens (tertiary/aromatic N) is 3. The van der Waals surface area contributed by atoms with Gasteiger partial charge in [0.1, 0.15) is 23.6 Å². The first-order valence-electron chi connectivity index (χ1n) is 9.23. The Balaban J connectivity index is 1.32. The molecule has 9 nitrogen and oxygen atoms in total. The number of aliphatic hydroxyl groups excluding tert-OH is 1. The van der Waals surface area contributed by atoms with Crippen molar-refractivity contribution in [1.82, 2.24) is 19.9 Å². The molecule has 2 fully saturated rings. The smallest absolute Gasteiger partial charge is 0.296 e. The number of rotatable bonds is 5. The average molecular weight is 458 g/mol. The Labute approximate surface area is 177 Å². The third kappa shape index (κ3) is 3.55. The van der Waals surface area contributed by atoms with E-state index in [1.165, 1.54) is 6.07 Å². The SMILES string of the molecule is O[C@@H]1CO[C@@H]2[C@H](Oc3nc4nc(NCc5ncc(F)cc5F)c(Cl)cc4[nH]3)CO[C@]12F. The molecule has 3 N–H and O–H groups in total. The standard InChI is InChI=1S/C18H15ClF3N5O4/c19-8-2-10-16(26-15(8)24-4-11-9(21)1-7(20)3-23-11)27-17(25-10)31-12-5-30-18(22)13(28)6-29-14(12)18/h1-3,12-14,28H,4-6H2,(H2,24,25,26,27)/t12-,13-,14-,18-/m1/s1. The Morgan fingerprint density at radius 3 is 2.97 bits per heavy atom. The highest BCUT2D eigenvalue weighted by Gasteiger charge is 2.62. The van der Waals surface area contributed by atoms with E-state index in [9.17, 15) is 18.3 Å². The van der Waals surface area contributed by atoms with E-state index in [-0.39, 0.29) is 48.0 Å². The maximum Gasteiger partial charge on any atom is 0.296 e. The van der Waals surface area contributed by atoms with Gasteiger partial charge in [0, 0.05) is 6.07 Å². The zero-order chi connectivity index (χ0) is 21.8. The van der Waals surface area contributed by atoms with Crippen molar-refractivity contribution in [3.05, 3.63) is 40.7 Å². The first-order chi connectivity index (χ1) is 14.8. The van der Waals surface area contributed by atoms with Crippen LogP contribution >= 0.6 is 11.6 Å². The van der Waals surface area contributed by atoms with E-state index >= 15 is 0 Å². The molecular formula is C18H15ClF3N5O4.